The zero-order valence-electron chi connectivity index (χ0n) is 15.7. The quantitative estimate of drug-likeness (QED) is 0.833. The zero-order chi connectivity index (χ0) is 20.9. The summed E-state index contributed by atoms with van der Waals surface area (Å²) in [7, 11) is 0. The molecule has 1 aliphatic rings. The number of rotatable bonds is 3. The van der Waals surface area contributed by atoms with Crippen molar-refractivity contribution in [2.45, 2.75) is 31.8 Å². The van der Waals surface area contributed by atoms with Crippen LogP contribution in [0.2, 0.25) is 5.15 Å². The highest BCUT2D eigenvalue weighted by Crippen LogP contribution is 2.40. The number of hydrogen-bond acceptors (Lipinski definition) is 6. The van der Waals surface area contributed by atoms with E-state index in [1.54, 1.807) is 0 Å². The van der Waals surface area contributed by atoms with Gasteiger partial charge in [-0.25, -0.2) is 15.0 Å². The van der Waals surface area contributed by atoms with Crippen molar-refractivity contribution in [3.8, 4) is 0 Å². The average Bonchev–Trinajstić information content (AvgIpc) is 3.10. The van der Waals surface area contributed by atoms with Gasteiger partial charge >= 0.3 is 6.18 Å². The molecule has 0 aromatic carbocycles. The van der Waals surface area contributed by atoms with E-state index in [-0.39, 0.29) is 39.8 Å². The predicted octanol–water partition coefficient (Wildman–Crippen LogP) is 3.43. The second-order valence-electron chi connectivity index (χ2n) is 5.37. The molecule has 0 saturated carbocycles. The lowest BCUT2D eigenvalue weighted by atomic mass is 9.90. The van der Waals surface area contributed by atoms with Crippen molar-refractivity contribution in [2.75, 3.05) is 11.9 Å². The number of carbonyl (C=O) groups is 1. The maximum absolute atomic E-state index is 12.8. The summed E-state index contributed by atoms with van der Waals surface area (Å²) in [4.78, 5) is 23.7. The van der Waals surface area contributed by atoms with E-state index >= 15 is 0 Å². The Hall–Kier alpha value is -1.94. The van der Waals surface area contributed by atoms with Gasteiger partial charge in [0.15, 0.2) is 5.15 Å². The molecule has 0 unspecified atom stereocenters. The molecule has 0 radical (unpaired) electrons. The third kappa shape index (κ3) is 3.28. The molecular formula is C14H13ClF3N5OS. The highest BCUT2D eigenvalue weighted by molar-refractivity contribution is 7.16. The number of nitrogens with one attached hydrogen (secondary N) is 2. The van der Waals surface area contributed by atoms with E-state index in [1.165, 1.54) is 6.92 Å². The Bertz CT molecular complexity index is 936. The first-order valence-electron chi connectivity index (χ1n) is 8.49. The van der Waals surface area contributed by atoms with Crippen molar-refractivity contribution >= 4 is 39.8 Å². The monoisotopic (exact) mass is 394 g/mol. The smallest absolute Gasteiger partial charge is 0.355 e. The SMILES string of the molecule is [2H]C([2H])([2H])[C@]1(c2nc(Cl)c(Nc3ncc(C(F)(F)F)c(C)n3)s2)CCNC1=O. The summed E-state index contributed by atoms with van der Waals surface area (Å²) in [5, 5.41) is 5.11. The molecule has 0 spiro atoms. The number of aryl methyl sites for hydroxylation is 1. The second kappa shape index (κ2) is 6.10. The van der Waals surface area contributed by atoms with Crippen LogP contribution in [0.4, 0.5) is 24.1 Å². The third-order valence-electron chi connectivity index (χ3n) is 3.63. The van der Waals surface area contributed by atoms with Gasteiger partial charge in [0, 0.05) is 16.9 Å². The van der Waals surface area contributed by atoms with Crippen molar-refractivity contribution < 1.29 is 22.1 Å². The highest BCUT2D eigenvalue weighted by atomic mass is 35.5. The molecule has 3 rings (SSSR count). The molecule has 1 saturated heterocycles. The molecule has 2 aromatic heterocycles. The van der Waals surface area contributed by atoms with Gasteiger partial charge in [0.05, 0.1) is 16.7 Å². The fourth-order valence-corrected chi connectivity index (χ4v) is 3.57. The van der Waals surface area contributed by atoms with Crippen LogP contribution in [-0.4, -0.2) is 27.4 Å². The Kier molecular flexibility index (Phi) is 3.48. The van der Waals surface area contributed by atoms with Crippen LogP contribution in [0.5, 0.6) is 0 Å². The van der Waals surface area contributed by atoms with E-state index in [1.807, 2.05) is 0 Å². The van der Waals surface area contributed by atoms with Crippen LogP contribution >= 0.6 is 22.9 Å². The fraction of sp³-hybridized carbons (Fsp3) is 0.429. The molecule has 0 aliphatic carbocycles. The number of nitrogens with zero attached hydrogens (tertiary/aromatic N) is 3. The summed E-state index contributed by atoms with van der Waals surface area (Å²) in [6.45, 7) is -1.30. The van der Waals surface area contributed by atoms with Crippen LogP contribution < -0.4 is 10.6 Å². The molecule has 2 N–H and O–H groups in total. The minimum atomic E-state index is -4.58. The first-order valence-corrected chi connectivity index (χ1v) is 8.18. The van der Waals surface area contributed by atoms with Crippen LogP contribution in [0, 0.1) is 6.92 Å². The number of amides is 1. The Balaban J connectivity index is 1.95. The molecular weight excluding hydrogens is 379 g/mol. The number of carbonyl (C=O) groups excluding carboxylic acids is 1. The van der Waals surface area contributed by atoms with E-state index in [4.69, 9.17) is 15.7 Å². The van der Waals surface area contributed by atoms with Crippen molar-refractivity contribution in [1.82, 2.24) is 20.3 Å². The van der Waals surface area contributed by atoms with Gasteiger partial charge in [-0.05, 0) is 20.2 Å². The van der Waals surface area contributed by atoms with Crippen molar-refractivity contribution in [1.29, 1.82) is 0 Å². The minimum absolute atomic E-state index is 0.0152. The van der Waals surface area contributed by atoms with Gasteiger partial charge in [-0.3, -0.25) is 4.79 Å². The molecule has 1 fully saturated rings. The average molecular weight is 395 g/mol. The van der Waals surface area contributed by atoms with E-state index in [9.17, 15) is 18.0 Å². The lowest BCUT2D eigenvalue weighted by molar-refractivity contribution is -0.138. The van der Waals surface area contributed by atoms with E-state index in [0.29, 0.717) is 6.20 Å². The number of alkyl halides is 3. The second-order valence-corrected chi connectivity index (χ2v) is 6.72. The minimum Gasteiger partial charge on any atom is -0.355 e. The van der Waals surface area contributed by atoms with Crippen molar-refractivity contribution in [3.05, 3.63) is 27.6 Å². The molecule has 1 amide bonds. The molecule has 1 atom stereocenters. The zero-order valence-corrected chi connectivity index (χ0v) is 14.2. The normalized spacial score (nSPS) is 22.9. The summed E-state index contributed by atoms with van der Waals surface area (Å²) in [5.74, 6) is -0.840. The molecule has 6 nitrogen and oxygen atoms in total. The summed E-state index contributed by atoms with van der Waals surface area (Å²) < 4.78 is 61.9. The fourth-order valence-electron chi connectivity index (χ4n) is 2.30. The number of thiazole rings is 1. The van der Waals surface area contributed by atoms with Crippen LogP contribution in [0.25, 0.3) is 0 Å². The molecule has 1 aliphatic heterocycles. The number of halogens is 4. The van der Waals surface area contributed by atoms with Gasteiger partial charge in [0.1, 0.15) is 10.0 Å². The molecule has 0 bridgehead atoms. The van der Waals surface area contributed by atoms with Gasteiger partial charge in [-0.15, -0.1) is 0 Å². The van der Waals surface area contributed by atoms with Crippen molar-refractivity contribution in [2.24, 2.45) is 0 Å². The first kappa shape index (κ1) is 14.3. The Labute approximate surface area is 154 Å². The highest BCUT2D eigenvalue weighted by Gasteiger charge is 2.42. The Morgan fingerprint density at radius 1 is 1.48 bits per heavy atom. The Morgan fingerprint density at radius 3 is 2.80 bits per heavy atom. The van der Waals surface area contributed by atoms with Crippen molar-refractivity contribution in [3.63, 3.8) is 0 Å². The van der Waals surface area contributed by atoms with E-state index in [0.717, 1.165) is 11.3 Å². The molecule has 2 aromatic rings. The van der Waals surface area contributed by atoms with E-state index in [2.05, 4.69) is 25.6 Å². The molecule has 134 valence electrons. The standard InChI is InChI=1S/C14H13ClF3N5OS/c1-6-7(14(16,17)18)5-20-12(21-6)23-9-8(15)22-11(25-9)13(2)3-4-19-10(13)24/h5H,3-4H2,1-2H3,(H,19,24)(H,20,21,23)/t13-/m0/s1/i2D3. The number of aromatic nitrogens is 3. The summed E-state index contributed by atoms with van der Waals surface area (Å²) in [5.41, 5.74) is -3.10. The van der Waals surface area contributed by atoms with Gasteiger partial charge in [-0.1, -0.05) is 22.9 Å². The maximum atomic E-state index is 12.8. The number of hydrogen-bond donors (Lipinski definition) is 2. The topological polar surface area (TPSA) is 79.8 Å². The Morgan fingerprint density at radius 2 is 2.24 bits per heavy atom. The van der Waals surface area contributed by atoms with E-state index < -0.39 is 29.9 Å². The molecule has 11 heteroatoms. The van der Waals surface area contributed by atoms with Gasteiger partial charge < -0.3 is 10.6 Å². The van der Waals surface area contributed by atoms with Gasteiger partial charge in [0.2, 0.25) is 11.9 Å². The largest absolute Gasteiger partial charge is 0.419 e. The molecule has 25 heavy (non-hydrogen) atoms. The van der Waals surface area contributed by atoms with Crippen LogP contribution in [-0.2, 0) is 16.4 Å². The molecule has 3 heterocycles. The summed E-state index contributed by atoms with van der Waals surface area (Å²) >= 11 is 6.88. The summed E-state index contributed by atoms with van der Waals surface area (Å²) in [6.07, 6.45) is -3.93. The van der Waals surface area contributed by atoms with Gasteiger partial charge in [-0.2, -0.15) is 13.2 Å². The van der Waals surface area contributed by atoms with Crippen LogP contribution in [0.15, 0.2) is 6.20 Å². The van der Waals surface area contributed by atoms with Gasteiger partial charge in [0.25, 0.3) is 0 Å². The first-order chi connectivity index (χ1) is 12.9. The predicted molar refractivity (Wildman–Crippen MR) is 87.2 cm³/mol. The van der Waals surface area contributed by atoms with Crippen LogP contribution in [0.3, 0.4) is 0 Å². The number of anilines is 2. The lowest BCUT2D eigenvalue weighted by Crippen LogP contribution is -2.32. The third-order valence-corrected chi connectivity index (χ3v) is 5.15. The van der Waals surface area contributed by atoms with Crippen LogP contribution in [0.1, 0.15) is 33.6 Å². The maximum Gasteiger partial charge on any atom is 0.419 e. The summed E-state index contributed by atoms with van der Waals surface area (Å²) in [6, 6.07) is 0. The lowest BCUT2D eigenvalue weighted by Gasteiger charge is -2.16.